The van der Waals surface area contributed by atoms with Gasteiger partial charge in [-0.3, -0.25) is 9.47 Å². The summed E-state index contributed by atoms with van der Waals surface area (Å²) >= 11 is 0. The number of aromatic amines is 1. The van der Waals surface area contributed by atoms with Crippen LogP contribution in [0.25, 0.3) is 22.2 Å². The lowest BCUT2D eigenvalue weighted by molar-refractivity contribution is -0.0620. The molecule has 4 atom stereocenters. The van der Waals surface area contributed by atoms with Gasteiger partial charge >= 0.3 is 0 Å². The lowest BCUT2D eigenvalue weighted by Crippen LogP contribution is -2.52. The smallest absolute Gasteiger partial charge is 0.167 e. The molecule has 0 spiro atoms. The first-order chi connectivity index (χ1) is 19.5. The zero-order chi connectivity index (χ0) is 29.1. The van der Waals surface area contributed by atoms with Gasteiger partial charge in [0, 0.05) is 25.0 Å². The Balaban J connectivity index is 1.06. The van der Waals surface area contributed by atoms with E-state index in [4.69, 9.17) is 15.5 Å². The molecule has 0 bridgehead atoms. The van der Waals surface area contributed by atoms with E-state index in [1.54, 1.807) is 4.57 Å². The first-order valence-corrected chi connectivity index (χ1v) is 14.7. The number of hydrogen-bond acceptors (Lipinski definition) is 9. The molecule has 220 valence electrons. The summed E-state index contributed by atoms with van der Waals surface area (Å²) in [4.78, 5) is 23.3. The third-order valence-electron chi connectivity index (χ3n) is 8.92. The second kappa shape index (κ2) is 10.6. The Kier molecular flexibility index (Phi) is 7.25. The Bertz CT molecular complexity index is 1520. The summed E-state index contributed by atoms with van der Waals surface area (Å²) < 4.78 is 7.86. The van der Waals surface area contributed by atoms with E-state index < -0.39 is 24.5 Å². The van der Waals surface area contributed by atoms with Crippen molar-refractivity contribution in [2.24, 2.45) is 5.92 Å². The highest BCUT2D eigenvalue weighted by molar-refractivity contribution is 5.81. The third kappa shape index (κ3) is 5.31. The van der Waals surface area contributed by atoms with Crippen LogP contribution in [0.15, 0.2) is 30.9 Å². The van der Waals surface area contributed by atoms with Gasteiger partial charge in [0.25, 0.3) is 0 Å². The number of aliphatic hydroxyl groups is 2. The number of rotatable bonds is 8. The Hall–Kier alpha value is -3.12. The lowest BCUT2D eigenvalue weighted by Gasteiger charge is -2.46. The normalized spacial score (nSPS) is 27.0. The molecule has 1 saturated heterocycles. The second-order valence-electron chi connectivity index (χ2n) is 13.1. The zero-order valence-electron chi connectivity index (χ0n) is 24.5. The van der Waals surface area contributed by atoms with Gasteiger partial charge in [-0.15, -0.1) is 0 Å². The number of fused-ring (bicyclic) bond motifs is 2. The third-order valence-corrected chi connectivity index (χ3v) is 8.92. The van der Waals surface area contributed by atoms with Crippen LogP contribution in [-0.2, 0) is 16.6 Å². The van der Waals surface area contributed by atoms with Crippen molar-refractivity contribution in [3.8, 4) is 0 Å². The van der Waals surface area contributed by atoms with E-state index in [2.05, 4.69) is 77.7 Å². The highest BCUT2D eigenvalue weighted by atomic mass is 16.6. The maximum Gasteiger partial charge on any atom is 0.167 e. The molecule has 1 saturated carbocycles. The molecule has 4 aromatic rings. The molecule has 2 aliphatic rings. The minimum absolute atomic E-state index is 0.104. The summed E-state index contributed by atoms with van der Waals surface area (Å²) in [6.45, 7) is 11.6. The van der Waals surface area contributed by atoms with Crippen LogP contribution in [-0.4, -0.2) is 81.5 Å². The van der Waals surface area contributed by atoms with Crippen molar-refractivity contribution < 1.29 is 14.9 Å². The van der Waals surface area contributed by atoms with Crippen molar-refractivity contribution in [2.75, 3.05) is 12.3 Å². The average Bonchev–Trinajstić information content (AvgIpc) is 3.58. The average molecular weight is 563 g/mol. The van der Waals surface area contributed by atoms with E-state index >= 15 is 0 Å². The number of ether oxygens (including phenoxy) is 1. The van der Waals surface area contributed by atoms with E-state index in [-0.39, 0.29) is 17.3 Å². The van der Waals surface area contributed by atoms with Crippen molar-refractivity contribution in [2.45, 2.75) is 102 Å². The van der Waals surface area contributed by atoms with E-state index in [9.17, 15) is 10.2 Å². The number of imidazole rings is 2. The van der Waals surface area contributed by atoms with Gasteiger partial charge in [0.05, 0.1) is 17.4 Å². The highest BCUT2D eigenvalue weighted by Crippen LogP contribution is 2.38. The number of benzene rings is 1. The number of aromatic nitrogens is 6. The van der Waals surface area contributed by atoms with Gasteiger partial charge in [-0.1, -0.05) is 26.8 Å². The molecule has 41 heavy (non-hydrogen) atoms. The van der Waals surface area contributed by atoms with Gasteiger partial charge in [-0.25, -0.2) is 19.9 Å². The van der Waals surface area contributed by atoms with Crippen molar-refractivity contribution in [3.05, 3.63) is 42.2 Å². The Morgan fingerprint density at radius 3 is 2.66 bits per heavy atom. The van der Waals surface area contributed by atoms with Crippen molar-refractivity contribution in [3.63, 3.8) is 0 Å². The first-order valence-electron chi connectivity index (χ1n) is 14.7. The van der Waals surface area contributed by atoms with Crippen LogP contribution in [0.2, 0.25) is 0 Å². The largest absolute Gasteiger partial charge is 0.387 e. The standard InChI is InChI=1S/C30H42N8O3/c1-16(2)37(13-22-25(39)26(40)29(41-22)38-15-34-24-27(31)32-14-33-28(24)38)19-10-17(11-19)6-9-23-35-20-8-7-18(30(3,4)5)12-21(20)36-23/h7-8,12,14-17,19,22,25-26,29,39-40H,6,9-11,13H2,1-5H3,(H,35,36)(H2,31,32,33)/t17-,19-,22-,25+,26+,29-/m1/s1. The minimum Gasteiger partial charge on any atom is -0.387 e. The summed E-state index contributed by atoms with van der Waals surface area (Å²) in [7, 11) is 0. The van der Waals surface area contributed by atoms with E-state index in [0.717, 1.165) is 42.5 Å². The van der Waals surface area contributed by atoms with Gasteiger partial charge in [0.1, 0.15) is 36.0 Å². The van der Waals surface area contributed by atoms with Crippen LogP contribution < -0.4 is 5.73 Å². The number of anilines is 1. The number of nitrogens with zero attached hydrogens (tertiary/aromatic N) is 6. The highest BCUT2D eigenvalue weighted by Gasteiger charge is 2.46. The number of H-pyrrole nitrogens is 1. The molecule has 11 heteroatoms. The monoisotopic (exact) mass is 562 g/mol. The SMILES string of the molecule is CC(C)N(C[C@H]1O[C@@H](n2cnc3c(N)ncnc32)[C@@H](O)[C@H]1O)[C@H]1C[C@H](CCc2nc3cc(C(C)(C)C)ccc3[nH]2)C1. The number of nitrogen functional groups attached to an aromatic ring is 1. The zero-order valence-corrected chi connectivity index (χ0v) is 24.5. The number of aliphatic hydroxyl groups excluding tert-OH is 2. The number of nitrogens with two attached hydrogens (primary N) is 1. The molecule has 4 heterocycles. The maximum atomic E-state index is 10.9. The van der Waals surface area contributed by atoms with Crippen LogP contribution in [0.1, 0.15) is 71.5 Å². The molecule has 1 aromatic carbocycles. The Morgan fingerprint density at radius 1 is 1.15 bits per heavy atom. The molecule has 0 amide bonds. The molecule has 1 aliphatic heterocycles. The van der Waals surface area contributed by atoms with E-state index in [1.165, 1.54) is 18.2 Å². The van der Waals surface area contributed by atoms with Crippen LogP contribution in [0.5, 0.6) is 0 Å². The van der Waals surface area contributed by atoms with E-state index in [0.29, 0.717) is 29.7 Å². The van der Waals surface area contributed by atoms with Gasteiger partial charge in [0.15, 0.2) is 17.7 Å². The second-order valence-corrected chi connectivity index (χ2v) is 13.1. The van der Waals surface area contributed by atoms with Gasteiger partial charge < -0.3 is 25.7 Å². The molecule has 0 unspecified atom stereocenters. The Labute approximate surface area is 240 Å². The predicted molar refractivity (Wildman–Crippen MR) is 157 cm³/mol. The van der Waals surface area contributed by atoms with Gasteiger partial charge in [-0.05, 0) is 62.1 Å². The lowest BCUT2D eigenvalue weighted by atomic mass is 9.76. The summed E-state index contributed by atoms with van der Waals surface area (Å²) in [6.07, 6.45) is 3.63. The minimum atomic E-state index is -1.11. The maximum absolute atomic E-state index is 10.9. The fourth-order valence-corrected chi connectivity index (χ4v) is 6.35. The molecule has 2 fully saturated rings. The van der Waals surface area contributed by atoms with Crippen LogP contribution in [0.3, 0.4) is 0 Å². The van der Waals surface area contributed by atoms with Crippen molar-refractivity contribution >= 4 is 28.0 Å². The molecule has 6 rings (SSSR count). The van der Waals surface area contributed by atoms with Gasteiger partial charge in [-0.2, -0.15) is 0 Å². The van der Waals surface area contributed by atoms with Crippen molar-refractivity contribution in [1.29, 1.82) is 0 Å². The summed E-state index contributed by atoms with van der Waals surface area (Å²) in [6, 6.07) is 7.23. The molecular weight excluding hydrogens is 520 g/mol. The molecule has 1 aliphatic carbocycles. The number of nitrogens with one attached hydrogen (secondary N) is 1. The topological polar surface area (TPSA) is 151 Å². The molecule has 0 radical (unpaired) electrons. The van der Waals surface area contributed by atoms with Crippen molar-refractivity contribution in [1.82, 2.24) is 34.4 Å². The molecular formula is C30H42N8O3. The first kappa shape index (κ1) is 28.0. The van der Waals surface area contributed by atoms with Gasteiger partial charge in [0.2, 0.25) is 0 Å². The fourth-order valence-electron chi connectivity index (χ4n) is 6.35. The number of aryl methyl sites for hydroxylation is 1. The molecule has 11 nitrogen and oxygen atoms in total. The van der Waals surface area contributed by atoms with Crippen LogP contribution in [0.4, 0.5) is 5.82 Å². The van der Waals surface area contributed by atoms with Crippen LogP contribution >= 0.6 is 0 Å². The van der Waals surface area contributed by atoms with E-state index in [1.807, 2.05) is 0 Å². The Morgan fingerprint density at radius 2 is 1.93 bits per heavy atom. The summed E-state index contributed by atoms with van der Waals surface area (Å²) in [5.41, 5.74) is 10.4. The summed E-state index contributed by atoms with van der Waals surface area (Å²) in [5, 5.41) is 21.8. The number of hydrogen-bond donors (Lipinski definition) is 4. The molecule has 5 N–H and O–H groups in total. The fraction of sp³-hybridized carbons (Fsp3) is 0.600. The molecule has 3 aromatic heterocycles. The van der Waals surface area contributed by atoms with Crippen LogP contribution in [0, 0.1) is 5.92 Å². The predicted octanol–water partition coefficient (Wildman–Crippen LogP) is 3.32. The quantitative estimate of drug-likeness (QED) is 0.253. The summed E-state index contributed by atoms with van der Waals surface area (Å²) in [5.74, 6) is 1.95.